The Bertz CT molecular complexity index is 150. The van der Waals surface area contributed by atoms with E-state index in [0.29, 0.717) is 26.2 Å². The van der Waals surface area contributed by atoms with Crippen molar-refractivity contribution in [2.24, 2.45) is 5.73 Å². The molecule has 84 valence electrons. The SMILES string of the molecule is CCOCC(C)OC(=O)CCCCN. The van der Waals surface area contributed by atoms with Crippen molar-refractivity contribution in [1.82, 2.24) is 0 Å². The molecule has 4 heteroatoms. The summed E-state index contributed by atoms with van der Waals surface area (Å²) in [5.41, 5.74) is 5.31. The highest BCUT2D eigenvalue weighted by Gasteiger charge is 2.08. The van der Waals surface area contributed by atoms with Crippen LogP contribution >= 0.6 is 0 Å². The molecule has 1 unspecified atom stereocenters. The van der Waals surface area contributed by atoms with Gasteiger partial charge in [0.15, 0.2) is 0 Å². The zero-order chi connectivity index (χ0) is 10.8. The average molecular weight is 203 g/mol. The van der Waals surface area contributed by atoms with Gasteiger partial charge in [-0.15, -0.1) is 0 Å². The van der Waals surface area contributed by atoms with Crippen molar-refractivity contribution in [3.8, 4) is 0 Å². The number of carbonyl (C=O) groups excluding carboxylic acids is 1. The van der Waals surface area contributed by atoms with Crippen LogP contribution in [0.3, 0.4) is 0 Å². The Morgan fingerprint density at radius 3 is 2.71 bits per heavy atom. The standard InChI is InChI=1S/C10H21NO3/c1-3-13-8-9(2)14-10(12)6-4-5-7-11/h9H,3-8,11H2,1-2H3. The zero-order valence-electron chi connectivity index (χ0n) is 9.12. The van der Waals surface area contributed by atoms with Crippen molar-refractivity contribution in [3.05, 3.63) is 0 Å². The van der Waals surface area contributed by atoms with E-state index in [2.05, 4.69) is 0 Å². The molecule has 1 atom stereocenters. The van der Waals surface area contributed by atoms with Crippen molar-refractivity contribution in [1.29, 1.82) is 0 Å². The molecule has 0 aliphatic heterocycles. The first-order chi connectivity index (χ1) is 6.70. The molecule has 0 fully saturated rings. The second kappa shape index (κ2) is 8.97. The number of carbonyl (C=O) groups is 1. The maximum absolute atomic E-state index is 11.2. The zero-order valence-corrected chi connectivity index (χ0v) is 9.12. The number of hydrogen-bond acceptors (Lipinski definition) is 4. The quantitative estimate of drug-likeness (QED) is 0.473. The fraction of sp³-hybridized carbons (Fsp3) is 0.900. The van der Waals surface area contributed by atoms with Crippen LogP contribution in [-0.4, -0.2) is 31.8 Å². The predicted octanol–water partition coefficient (Wildman–Crippen LogP) is 1.08. The summed E-state index contributed by atoms with van der Waals surface area (Å²) in [6.07, 6.45) is 1.97. The summed E-state index contributed by atoms with van der Waals surface area (Å²) in [4.78, 5) is 11.2. The Morgan fingerprint density at radius 2 is 2.14 bits per heavy atom. The molecule has 0 saturated carbocycles. The maximum atomic E-state index is 11.2. The van der Waals surface area contributed by atoms with Gasteiger partial charge in [-0.05, 0) is 33.2 Å². The first-order valence-corrected chi connectivity index (χ1v) is 5.18. The Kier molecular flexibility index (Phi) is 8.57. The largest absolute Gasteiger partial charge is 0.460 e. The van der Waals surface area contributed by atoms with Gasteiger partial charge in [0, 0.05) is 13.0 Å². The summed E-state index contributed by atoms with van der Waals surface area (Å²) in [7, 11) is 0. The van der Waals surface area contributed by atoms with Gasteiger partial charge >= 0.3 is 5.97 Å². The summed E-state index contributed by atoms with van der Waals surface area (Å²) >= 11 is 0. The molecule has 0 radical (unpaired) electrons. The highest BCUT2D eigenvalue weighted by molar-refractivity contribution is 5.69. The van der Waals surface area contributed by atoms with E-state index >= 15 is 0 Å². The lowest BCUT2D eigenvalue weighted by Crippen LogP contribution is -2.20. The van der Waals surface area contributed by atoms with Gasteiger partial charge in [-0.25, -0.2) is 0 Å². The van der Waals surface area contributed by atoms with Crippen LogP contribution < -0.4 is 5.73 Å². The van der Waals surface area contributed by atoms with Gasteiger partial charge in [0.2, 0.25) is 0 Å². The van der Waals surface area contributed by atoms with Gasteiger partial charge in [-0.3, -0.25) is 4.79 Å². The lowest BCUT2D eigenvalue weighted by atomic mass is 10.2. The van der Waals surface area contributed by atoms with E-state index in [1.54, 1.807) is 0 Å². The normalized spacial score (nSPS) is 12.5. The van der Waals surface area contributed by atoms with Crippen LogP contribution in [-0.2, 0) is 14.3 Å². The topological polar surface area (TPSA) is 61.5 Å². The van der Waals surface area contributed by atoms with Crippen molar-refractivity contribution in [3.63, 3.8) is 0 Å². The minimum Gasteiger partial charge on any atom is -0.460 e. The second-order valence-electron chi connectivity index (χ2n) is 3.21. The molecular formula is C10H21NO3. The minimum atomic E-state index is -0.161. The van der Waals surface area contributed by atoms with Crippen molar-refractivity contribution < 1.29 is 14.3 Å². The molecule has 0 aromatic heterocycles. The highest BCUT2D eigenvalue weighted by atomic mass is 16.6. The fourth-order valence-corrected chi connectivity index (χ4v) is 1.01. The Morgan fingerprint density at radius 1 is 1.43 bits per heavy atom. The van der Waals surface area contributed by atoms with E-state index in [1.807, 2.05) is 13.8 Å². The fourth-order valence-electron chi connectivity index (χ4n) is 1.01. The summed E-state index contributed by atoms with van der Waals surface area (Å²) in [6, 6.07) is 0. The summed E-state index contributed by atoms with van der Waals surface area (Å²) in [5.74, 6) is -0.161. The Balaban J connectivity index is 3.40. The van der Waals surface area contributed by atoms with E-state index in [-0.39, 0.29) is 12.1 Å². The molecule has 0 aromatic rings. The van der Waals surface area contributed by atoms with Crippen molar-refractivity contribution >= 4 is 5.97 Å². The van der Waals surface area contributed by atoms with Crippen LogP contribution in [0.15, 0.2) is 0 Å². The molecule has 14 heavy (non-hydrogen) atoms. The van der Waals surface area contributed by atoms with E-state index in [9.17, 15) is 4.79 Å². The van der Waals surface area contributed by atoms with Crippen LogP contribution in [0, 0.1) is 0 Å². The molecule has 0 saturated heterocycles. The molecule has 0 aromatic carbocycles. The Labute approximate surface area is 85.8 Å². The molecule has 0 heterocycles. The molecule has 0 aliphatic rings. The molecule has 0 amide bonds. The number of esters is 1. The van der Waals surface area contributed by atoms with Gasteiger partial charge < -0.3 is 15.2 Å². The average Bonchev–Trinajstić information content (AvgIpc) is 2.15. The van der Waals surface area contributed by atoms with Crippen molar-refractivity contribution in [2.75, 3.05) is 19.8 Å². The number of ether oxygens (including phenoxy) is 2. The first-order valence-electron chi connectivity index (χ1n) is 5.18. The van der Waals surface area contributed by atoms with Crippen LogP contribution in [0.5, 0.6) is 0 Å². The van der Waals surface area contributed by atoms with Crippen LogP contribution in [0.2, 0.25) is 0 Å². The van der Waals surface area contributed by atoms with Gasteiger partial charge in [0.05, 0.1) is 6.61 Å². The predicted molar refractivity (Wildman–Crippen MR) is 55.0 cm³/mol. The van der Waals surface area contributed by atoms with E-state index in [0.717, 1.165) is 12.8 Å². The maximum Gasteiger partial charge on any atom is 0.306 e. The summed E-state index contributed by atoms with van der Waals surface area (Å²) in [6.45, 7) is 5.49. The third kappa shape index (κ3) is 8.01. The van der Waals surface area contributed by atoms with E-state index in [1.165, 1.54) is 0 Å². The molecule has 0 spiro atoms. The molecular weight excluding hydrogens is 182 g/mol. The van der Waals surface area contributed by atoms with E-state index in [4.69, 9.17) is 15.2 Å². The number of hydrogen-bond donors (Lipinski definition) is 1. The number of unbranched alkanes of at least 4 members (excludes halogenated alkanes) is 1. The minimum absolute atomic E-state index is 0.152. The third-order valence-corrected chi connectivity index (χ3v) is 1.72. The smallest absolute Gasteiger partial charge is 0.306 e. The van der Waals surface area contributed by atoms with Gasteiger partial charge in [0.1, 0.15) is 6.10 Å². The molecule has 2 N–H and O–H groups in total. The summed E-state index contributed by atoms with van der Waals surface area (Å²) < 4.78 is 10.2. The monoisotopic (exact) mass is 203 g/mol. The van der Waals surface area contributed by atoms with Gasteiger partial charge in [0.25, 0.3) is 0 Å². The molecule has 0 aliphatic carbocycles. The number of rotatable bonds is 8. The summed E-state index contributed by atoms with van der Waals surface area (Å²) in [5, 5.41) is 0. The van der Waals surface area contributed by atoms with Crippen LogP contribution in [0.4, 0.5) is 0 Å². The Hall–Kier alpha value is -0.610. The lowest BCUT2D eigenvalue weighted by Gasteiger charge is -2.12. The molecule has 4 nitrogen and oxygen atoms in total. The number of nitrogens with two attached hydrogens (primary N) is 1. The van der Waals surface area contributed by atoms with Gasteiger partial charge in [-0.1, -0.05) is 0 Å². The van der Waals surface area contributed by atoms with Crippen molar-refractivity contribution in [2.45, 2.75) is 39.2 Å². The third-order valence-electron chi connectivity index (χ3n) is 1.72. The van der Waals surface area contributed by atoms with E-state index < -0.39 is 0 Å². The van der Waals surface area contributed by atoms with Crippen LogP contribution in [0.1, 0.15) is 33.1 Å². The first kappa shape index (κ1) is 13.4. The molecule has 0 bridgehead atoms. The molecule has 0 rings (SSSR count). The lowest BCUT2D eigenvalue weighted by molar-refractivity contribution is -0.151. The van der Waals surface area contributed by atoms with Gasteiger partial charge in [-0.2, -0.15) is 0 Å². The second-order valence-corrected chi connectivity index (χ2v) is 3.21. The highest BCUT2D eigenvalue weighted by Crippen LogP contribution is 2.00. The van der Waals surface area contributed by atoms with Crippen LogP contribution in [0.25, 0.3) is 0 Å².